The maximum atomic E-state index is 6.12. The Morgan fingerprint density at radius 1 is 1.50 bits per heavy atom. The Labute approximate surface area is 85.1 Å². The normalized spacial score (nSPS) is 30.6. The molecule has 1 aromatic rings. The lowest BCUT2D eigenvalue weighted by atomic mass is 9.87. The van der Waals surface area contributed by atoms with Gasteiger partial charge in [0.15, 0.2) is 0 Å². The first-order valence-electron chi connectivity index (χ1n) is 5.18. The van der Waals surface area contributed by atoms with Gasteiger partial charge in [-0.2, -0.15) is 0 Å². The Kier molecular flexibility index (Phi) is 2.23. The van der Waals surface area contributed by atoms with Gasteiger partial charge in [0.05, 0.1) is 0 Å². The van der Waals surface area contributed by atoms with Crippen LogP contribution in [0.15, 0.2) is 24.3 Å². The summed E-state index contributed by atoms with van der Waals surface area (Å²) >= 11 is 0. The quantitative estimate of drug-likeness (QED) is 0.740. The number of para-hydroxylation sites is 1. The molecule has 1 aliphatic rings. The van der Waals surface area contributed by atoms with E-state index in [1.807, 2.05) is 18.2 Å². The summed E-state index contributed by atoms with van der Waals surface area (Å²) < 4.78 is 5.96. The fourth-order valence-electron chi connectivity index (χ4n) is 1.98. The van der Waals surface area contributed by atoms with Crippen LogP contribution in [-0.4, -0.2) is 5.60 Å². The molecule has 14 heavy (non-hydrogen) atoms. The predicted molar refractivity (Wildman–Crippen MR) is 57.3 cm³/mol. The molecule has 1 heterocycles. The number of hydrogen-bond acceptors (Lipinski definition) is 2. The fraction of sp³-hybridized carbons (Fsp3) is 0.500. The molecule has 0 fully saturated rings. The van der Waals surface area contributed by atoms with Crippen LogP contribution in [0.4, 0.5) is 0 Å². The van der Waals surface area contributed by atoms with Crippen LogP contribution in [0.1, 0.15) is 38.3 Å². The molecule has 0 amide bonds. The van der Waals surface area contributed by atoms with Crippen molar-refractivity contribution in [2.24, 2.45) is 5.73 Å². The molecule has 0 unspecified atom stereocenters. The Hall–Kier alpha value is -1.02. The smallest absolute Gasteiger partial charge is 0.124 e. The van der Waals surface area contributed by atoms with Crippen molar-refractivity contribution in [2.45, 2.75) is 38.3 Å². The Bertz CT molecular complexity index is 337. The SMILES string of the molecule is CC[C@]1(C)C[C@H](N)c2ccccc2O1. The molecule has 2 atom stereocenters. The monoisotopic (exact) mass is 191 g/mol. The highest BCUT2D eigenvalue weighted by atomic mass is 16.5. The van der Waals surface area contributed by atoms with E-state index in [0.29, 0.717) is 0 Å². The minimum absolute atomic E-state index is 0.0895. The lowest BCUT2D eigenvalue weighted by molar-refractivity contribution is 0.0503. The largest absolute Gasteiger partial charge is 0.487 e. The fourth-order valence-corrected chi connectivity index (χ4v) is 1.98. The van der Waals surface area contributed by atoms with Crippen LogP contribution in [0, 0.1) is 0 Å². The molecule has 1 aromatic carbocycles. The Morgan fingerprint density at radius 3 is 2.93 bits per heavy atom. The third kappa shape index (κ3) is 1.50. The molecular formula is C12H17NO. The summed E-state index contributed by atoms with van der Waals surface area (Å²) in [5.74, 6) is 0.954. The molecule has 0 aromatic heterocycles. The number of ether oxygens (including phenoxy) is 1. The second-order valence-electron chi connectivity index (χ2n) is 4.25. The first-order valence-corrected chi connectivity index (χ1v) is 5.18. The molecule has 2 nitrogen and oxygen atoms in total. The summed E-state index contributed by atoms with van der Waals surface area (Å²) in [6, 6.07) is 8.17. The molecule has 2 rings (SSSR count). The van der Waals surface area contributed by atoms with Gasteiger partial charge in [-0.25, -0.2) is 0 Å². The standard InChI is InChI=1S/C12H17NO/c1-3-12(2)8-10(13)9-6-4-5-7-11(9)14-12/h4-7,10H,3,8,13H2,1-2H3/t10-,12+/m0/s1. The summed E-state index contributed by atoms with van der Waals surface area (Å²) in [6.45, 7) is 4.27. The summed E-state index contributed by atoms with van der Waals surface area (Å²) in [6.07, 6.45) is 1.90. The van der Waals surface area contributed by atoms with E-state index in [9.17, 15) is 0 Å². The van der Waals surface area contributed by atoms with Crippen LogP contribution in [-0.2, 0) is 0 Å². The Balaban J connectivity index is 2.38. The highest BCUT2D eigenvalue weighted by Gasteiger charge is 2.33. The van der Waals surface area contributed by atoms with E-state index in [2.05, 4.69) is 19.9 Å². The van der Waals surface area contributed by atoms with Crippen molar-refractivity contribution in [3.8, 4) is 5.75 Å². The van der Waals surface area contributed by atoms with Crippen molar-refractivity contribution in [3.63, 3.8) is 0 Å². The van der Waals surface area contributed by atoms with Crippen molar-refractivity contribution in [3.05, 3.63) is 29.8 Å². The van der Waals surface area contributed by atoms with Gasteiger partial charge >= 0.3 is 0 Å². The number of rotatable bonds is 1. The second kappa shape index (κ2) is 3.28. The minimum Gasteiger partial charge on any atom is -0.487 e. The summed E-state index contributed by atoms with van der Waals surface area (Å²) in [7, 11) is 0. The summed E-state index contributed by atoms with van der Waals surface area (Å²) in [5, 5.41) is 0. The van der Waals surface area contributed by atoms with Gasteiger partial charge in [0.25, 0.3) is 0 Å². The van der Waals surface area contributed by atoms with Gasteiger partial charge in [0, 0.05) is 18.0 Å². The molecule has 2 N–H and O–H groups in total. The summed E-state index contributed by atoms with van der Waals surface area (Å²) in [4.78, 5) is 0. The van der Waals surface area contributed by atoms with Crippen molar-refractivity contribution >= 4 is 0 Å². The number of fused-ring (bicyclic) bond motifs is 1. The molecule has 0 bridgehead atoms. The lowest BCUT2D eigenvalue weighted by Gasteiger charge is -2.38. The molecule has 0 aliphatic carbocycles. The number of nitrogens with two attached hydrogens (primary N) is 1. The average molecular weight is 191 g/mol. The zero-order chi connectivity index (χ0) is 10.2. The van der Waals surface area contributed by atoms with E-state index in [0.717, 1.165) is 24.2 Å². The second-order valence-corrected chi connectivity index (χ2v) is 4.25. The lowest BCUT2D eigenvalue weighted by Crippen LogP contribution is -2.39. The number of benzene rings is 1. The molecule has 1 aliphatic heterocycles. The van der Waals surface area contributed by atoms with E-state index in [4.69, 9.17) is 10.5 Å². The molecule has 76 valence electrons. The first kappa shape index (κ1) is 9.53. The molecule has 0 saturated carbocycles. The maximum absolute atomic E-state index is 6.12. The molecule has 0 radical (unpaired) electrons. The van der Waals surface area contributed by atoms with Gasteiger partial charge in [-0.15, -0.1) is 0 Å². The van der Waals surface area contributed by atoms with Crippen molar-refractivity contribution in [2.75, 3.05) is 0 Å². The van der Waals surface area contributed by atoms with E-state index < -0.39 is 0 Å². The van der Waals surface area contributed by atoms with Crippen LogP contribution < -0.4 is 10.5 Å². The van der Waals surface area contributed by atoms with E-state index >= 15 is 0 Å². The van der Waals surface area contributed by atoms with E-state index in [1.54, 1.807) is 0 Å². The third-order valence-electron chi connectivity index (χ3n) is 3.07. The summed E-state index contributed by atoms with van der Waals surface area (Å²) in [5.41, 5.74) is 7.17. The highest BCUT2D eigenvalue weighted by molar-refractivity contribution is 5.38. The van der Waals surface area contributed by atoms with Gasteiger partial charge in [-0.3, -0.25) is 0 Å². The molecular weight excluding hydrogens is 174 g/mol. The molecule has 0 spiro atoms. The topological polar surface area (TPSA) is 35.2 Å². The van der Waals surface area contributed by atoms with Crippen molar-refractivity contribution in [1.29, 1.82) is 0 Å². The van der Waals surface area contributed by atoms with Crippen molar-refractivity contribution in [1.82, 2.24) is 0 Å². The van der Waals surface area contributed by atoms with E-state index in [-0.39, 0.29) is 11.6 Å². The van der Waals surface area contributed by atoms with Crippen LogP contribution in [0.25, 0.3) is 0 Å². The van der Waals surface area contributed by atoms with Gasteiger partial charge in [-0.05, 0) is 19.4 Å². The van der Waals surface area contributed by atoms with Gasteiger partial charge in [-0.1, -0.05) is 25.1 Å². The number of hydrogen-bond donors (Lipinski definition) is 1. The zero-order valence-corrected chi connectivity index (χ0v) is 8.79. The molecule has 0 saturated heterocycles. The van der Waals surface area contributed by atoms with Gasteiger partial charge in [0.2, 0.25) is 0 Å². The van der Waals surface area contributed by atoms with Gasteiger partial charge < -0.3 is 10.5 Å². The highest BCUT2D eigenvalue weighted by Crippen LogP contribution is 2.39. The average Bonchev–Trinajstić information content (AvgIpc) is 2.18. The van der Waals surface area contributed by atoms with Crippen LogP contribution in [0.3, 0.4) is 0 Å². The molecule has 2 heteroatoms. The van der Waals surface area contributed by atoms with Crippen LogP contribution in [0.2, 0.25) is 0 Å². The minimum atomic E-state index is -0.0895. The Morgan fingerprint density at radius 2 is 2.21 bits per heavy atom. The first-order chi connectivity index (χ1) is 6.64. The van der Waals surface area contributed by atoms with Gasteiger partial charge in [0.1, 0.15) is 11.4 Å². The van der Waals surface area contributed by atoms with Crippen LogP contribution >= 0.6 is 0 Å². The zero-order valence-electron chi connectivity index (χ0n) is 8.79. The predicted octanol–water partition coefficient (Wildman–Crippen LogP) is 2.64. The maximum Gasteiger partial charge on any atom is 0.124 e. The van der Waals surface area contributed by atoms with E-state index in [1.165, 1.54) is 0 Å². The third-order valence-corrected chi connectivity index (χ3v) is 3.07. The van der Waals surface area contributed by atoms with Crippen LogP contribution in [0.5, 0.6) is 5.75 Å². The van der Waals surface area contributed by atoms with Crippen molar-refractivity contribution < 1.29 is 4.74 Å².